The topological polar surface area (TPSA) is 40.7 Å². The van der Waals surface area contributed by atoms with E-state index in [1.165, 1.54) is 0 Å². The molecule has 0 spiro atoms. The molecule has 1 aliphatic heterocycles. The number of halogens is 5. The average Bonchev–Trinajstić information content (AvgIpc) is 3.10. The van der Waals surface area contributed by atoms with Crippen molar-refractivity contribution in [2.75, 3.05) is 18.8 Å². The monoisotopic (exact) mass is 427 g/mol. The van der Waals surface area contributed by atoms with Gasteiger partial charge in [0.05, 0.1) is 11.9 Å². The number of hydrogen-bond acceptors (Lipinski definition) is 3. The predicted octanol–water partition coefficient (Wildman–Crippen LogP) is 5.15. The van der Waals surface area contributed by atoms with Crippen LogP contribution in [0.15, 0.2) is 41.7 Å². The Balaban J connectivity index is 0.00000169. The normalized spacial score (nSPS) is 16.4. The van der Waals surface area contributed by atoms with Gasteiger partial charge in [0.25, 0.3) is 0 Å². The highest BCUT2D eigenvalue weighted by Gasteiger charge is 2.30. The van der Waals surface area contributed by atoms with Crippen LogP contribution in [0.5, 0.6) is 0 Å². The fourth-order valence-electron chi connectivity index (χ4n) is 3.12. The number of piperidine rings is 1. The molecule has 26 heavy (non-hydrogen) atoms. The van der Waals surface area contributed by atoms with Gasteiger partial charge in [-0.2, -0.15) is 13.2 Å². The molecule has 9 heteroatoms. The van der Waals surface area contributed by atoms with Crippen molar-refractivity contribution in [1.82, 2.24) is 15.3 Å². The molecule has 0 bridgehead atoms. The van der Waals surface area contributed by atoms with Crippen LogP contribution in [0, 0.1) is 5.92 Å². The van der Waals surface area contributed by atoms with E-state index in [9.17, 15) is 13.2 Å². The minimum atomic E-state index is -4.28. The van der Waals surface area contributed by atoms with Gasteiger partial charge in [-0.05, 0) is 56.1 Å². The molecule has 0 aliphatic carbocycles. The minimum Gasteiger partial charge on any atom is -0.348 e. The van der Waals surface area contributed by atoms with Crippen molar-refractivity contribution < 1.29 is 13.2 Å². The number of imidazole rings is 1. The summed E-state index contributed by atoms with van der Waals surface area (Å²) in [6, 6.07) is 5.41. The molecule has 1 fully saturated rings. The van der Waals surface area contributed by atoms with Crippen LogP contribution in [0.25, 0.3) is 0 Å². The van der Waals surface area contributed by atoms with Gasteiger partial charge in [-0.1, -0.05) is 0 Å². The summed E-state index contributed by atoms with van der Waals surface area (Å²) in [5.74, 6) is 1.73. The van der Waals surface area contributed by atoms with Crippen molar-refractivity contribution in [3.8, 4) is 0 Å². The first-order valence-electron chi connectivity index (χ1n) is 8.03. The second-order valence-electron chi connectivity index (χ2n) is 6.03. The lowest BCUT2D eigenvalue weighted by atomic mass is 9.84. The summed E-state index contributed by atoms with van der Waals surface area (Å²) >= 11 is 1.60. The van der Waals surface area contributed by atoms with Gasteiger partial charge in [-0.3, -0.25) is 0 Å². The van der Waals surface area contributed by atoms with Crippen LogP contribution in [0.1, 0.15) is 30.0 Å². The van der Waals surface area contributed by atoms with Crippen molar-refractivity contribution >= 4 is 36.6 Å². The third-order valence-electron chi connectivity index (χ3n) is 4.48. The number of hydrogen-bond donors (Lipinski definition) is 2. The molecule has 2 heterocycles. The Bertz CT molecular complexity index is 630. The Labute approximate surface area is 167 Å². The zero-order chi connectivity index (χ0) is 17.0. The van der Waals surface area contributed by atoms with E-state index in [1.807, 2.05) is 6.20 Å². The summed E-state index contributed by atoms with van der Waals surface area (Å²) in [6.07, 6.45) is 1.48. The molecule has 0 saturated carbocycles. The SMILES string of the molecule is Cl.Cl.FC(F)(F)c1ccc(SCC(c2cnc[nH]2)C2CCNCC2)cc1. The van der Waals surface area contributed by atoms with Crippen LogP contribution in [0.4, 0.5) is 13.2 Å². The van der Waals surface area contributed by atoms with Gasteiger partial charge in [0.2, 0.25) is 0 Å². The second-order valence-corrected chi connectivity index (χ2v) is 7.13. The minimum absolute atomic E-state index is 0. The average molecular weight is 428 g/mol. The van der Waals surface area contributed by atoms with Crippen LogP contribution in [0.3, 0.4) is 0 Å². The van der Waals surface area contributed by atoms with Crippen molar-refractivity contribution in [3.05, 3.63) is 48.0 Å². The largest absolute Gasteiger partial charge is 0.416 e. The van der Waals surface area contributed by atoms with E-state index in [0.717, 1.165) is 54.4 Å². The predicted molar refractivity (Wildman–Crippen MR) is 104 cm³/mol. The molecule has 0 amide bonds. The number of aromatic nitrogens is 2. The van der Waals surface area contributed by atoms with E-state index in [1.54, 1.807) is 30.2 Å². The summed E-state index contributed by atoms with van der Waals surface area (Å²) in [4.78, 5) is 8.19. The Kier molecular flexibility index (Phi) is 9.30. The summed E-state index contributed by atoms with van der Waals surface area (Å²) in [5, 5.41) is 3.37. The number of nitrogens with zero attached hydrogens (tertiary/aromatic N) is 1. The van der Waals surface area contributed by atoms with E-state index < -0.39 is 11.7 Å². The van der Waals surface area contributed by atoms with E-state index in [2.05, 4.69) is 15.3 Å². The van der Waals surface area contributed by atoms with E-state index in [4.69, 9.17) is 0 Å². The second kappa shape index (κ2) is 10.4. The highest BCUT2D eigenvalue weighted by molar-refractivity contribution is 7.99. The Morgan fingerprint density at radius 1 is 1.12 bits per heavy atom. The Hall–Kier alpha value is -0.890. The quantitative estimate of drug-likeness (QED) is 0.648. The van der Waals surface area contributed by atoms with Crippen LogP contribution in [0.2, 0.25) is 0 Å². The van der Waals surface area contributed by atoms with Crippen molar-refractivity contribution in [1.29, 1.82) is 0 Å². The van der Waals surface area contributed by atoms with Crippen molar-refractivity contribution in [3.63, 3.8) is 0 Å². The molecule has 146 valence electrons. The first-order chi connectivity index (χ1) is 11.5. The van der Waals surface area contributed by atoms with Gasteiger partial charge in [0, 0.05) is 28.5 Å². The molecule has 1 aliphatic rings. The lowest BCUT2D eigenvalue weighted by molar-refractivity contribution is -0.137. The molecule has 1 aromatic carbocycles. The van der Waals surface area contributed by atoms with Crippen molar-refractivity contribution in [2.45, 2.75) is 29.8 Å². The highest BCUT2D eigenvalue weighted by Crippen LogP contribution is 2.36. The maximum Gasteiger partial charge on any atom is 0.416 e. The number of aromatic amines is 1. The smallest absolute Gasteiger partial charge is 0.348 e. The van der Waals surface area contributed by atoms with Gasteiger partial charge < -0.3 is 10.3 Å². The Morgan fingerprint density at radius 2 is 1.77 bits per heavy atom. The number of benzene rings is 1. The van der Waals surface area contributed by atoms with Gasteiger partial charge >= 0.3 is 6.18 Å². The zero-order valence-corrected chi connectivity index (χ0v) is 16.4. The molecule has 3 rings (SSSR count). The van der Waals surface area contributed by atoms with Gasteiger partial charge in [0.15, 0.2) is 0 Å². The lowest BCUT2D eigenvalue weighted by Crippen LogP contribution is -2.31. The first kappa shape index (κ1) is 23.1. The van der Waals surface area contributed by atoms with E-state index in [-0.39, 0.29) is 24.8 Å². The molecule has 3 nitrogen and oxygen atoms in total. The number of H-pyrrole nitrogens is 1. The molecule has 2 N–H and O–H groups in total. The van der Waals surface area contributed by atoms with Crippen LogP contribution >= 0.6 is 36.6 Å². The van der Waals surface area contributed by atoms with Crippen molar-refractivity contribution in [2.24, 2.45) is 5.92 Å². The molecule has 1 atom stereocenters. The summed E-state index contributed by atoms with van der Waals surface area (Å²) in [6.45, 7) is 2.03. The first-order valence-corrected chi connectivity index (χ1v) is 9.01. The summed E-state index contributed by atoms with van der Waals surface area (Å²) in [5.41, 5.74) is 0.511. The standard InChI is InChI=1S/C17H20F3N3S.2ClH/c18-17(19,20)13-1-3-14(4-2-13)24-10-15(16-9-22-11-23-16)12-5-7-21-8-6-12;;/h1-4,9,11-12,15,21H,5-8,10H2,(H,22,23);2*1H. The van der Waals surface area contributed by atoms with Gasteiger partial charge in [0.1, 0.15) is 0 Å². The van der Waals surface area contributed by atoms with Crippen LogP contribution in [-0.4, -0.2) is 28.8 Å². The van der Waals surface area contributed by atoms with E-state index >= 15 is 0 Å². The number of thioether (sulfide) groups is 1. The van der Waals surface area contributed by atoms with E-state index in [0.29, 0.717) is 11.8 Å². The Morgan fingerprint density at radius 3 is 2.31 bits per heavy atom. The summed E-state index contributed by atoms with van der Waals surface area (Å²) < 4.78 is 37.9. The van der Waals surface area contributed by atoms with Gasteiger partial charge in [-0.15, -0.1) is 36.6 Å². The number of nitrogens with one attached hydrogen (secondary N) is 2. The van der Waals surface area contributed by atoms with Crippen LogP contribution in [-0.2, 0) is 6.18 Å². The molecule has 0 radical (unpaired) electrons. The molecule has 1 saturated heterocycles. The fourth-order valence-corrected chi connectivity index (χ4v) is 4.27. The lowest BCUT2D eigenvalue weighted by Gasteiger charge is -2.30. The zero-order valence-electron chi connectivity index (χ0n) is 14.0. The highest BCUT2D eigenvalue weighted by atomic mass is 35.5. The number of rotatable bonds is 5. The third-order valence-corrected chi connectivity index (χ3v) is 5.61. The molecular formula is C17H22Cl2F3N3S. The third kappa shape index (κ3) is 6.08. The molecule has 1 aromatic heterocycles. The maximum atomic E-state index is 12.6. The van der Waals surface area contributed by atoms with Crippen LogP contribution < -0.4 is 5.32 Å². The maximum absolute atomic E-state index is 12.6. The molecule has 1 unspecified atom stereocenters. The molecule has 2 aromatic rings. The molecular weight excluding hydrogens is 406 g/mol. The van der Waals surface area contributed by atoms with Gasteiger partial charge in [-0.25, -0.2) is 4.98 Å². The number of alkyl halides is 3. The summed E-state index contributed by atoms with van der Waals surface area (Å²) in [7, 11) is 0. The fraction of sp³-hybridized carbons (Fsp3) is 0.471.